The number of likely N-dealkylation sites (tertiary alicyclic amines) is 1. The topological polar surface area (TPSA) is 47.4 Å². The van der Waals surface area contributed by atoms with Gasteiger partial charge in [-0.25, -0.2) is 4.98 Å². The number of hydrogen-bond donors (Lipinski definition) is 0. The van der Waals surface area contributed by atoms with Gasteiger partial charge in [-0.05, 0) is 61.1 Å². The molecule has 1 aliphatic heterocycles. The van der Waals surface area contributed by atoms with Gasteiger partial charge in [0.05, 0.1) is 19.2 Å². The van der Waals surface area contributed by atoms with Crippen LogP contribution < -0.4 is 4.74 Å². The fourth-order valence-electron chi connectivity index (χ4n) is 4.15. The molecule has 0 bridgehead atoms. The number of thioether (sulfide) groups is 1. The summed E-state index contributed by atoms with van der Waals surface area (Å²) in [7, 11) is 1.61. The highest BCUT2D eigenvalue weighted by molar-refractivity contribution is 7.98. The first-order valence-corrected chi connectivity index (χ1v) is 12.4. The predicted molar refractivity (Wildman–Crippen MR) is 130 cm³/mol. The van der Waals surface area contributed by atoms with Crippen LogP contribution in [-0.2, 0) is 6.54 Å². The van der Waals surface area contributed by atoms with Crippen LogP contribution in [0.15, 0.2) is 53.7 Å². The molecule has 0 radical (unpaired) electrons. The Morgan fingerprint density at radius 1 is 1.19 bits per heavy atom. The largest absolute Gasteiger partial charge is 0.496 e. The Labute approximate surface area is 202 Å². The summed E-state index contributed by atoms with van der Waals surface area (Å²) >= 11 is 14.1. The predicted octanol–water partition coefficient (Wildman–Crippen LogP) is 5.99. The molecule has 8 heteroatoms. The Hall–Kier alpha value is -2.15. The maximum absolute atomic E-state index is 13.1. The molecule has 2 heterocycles. The summed E-state index contributed by atoms with van der Waals surface area (Å²) in [5.41, 5.74) is 1.58. The summed E-state index contributed by atoms with van der Waals surface area (Å²) in [5.74, 6) is 1.95. The third-order valence-corrected chi connectivity index (χ3v) is 7.21. The van der Waals surface area contributed by atoms with Gasteiger partial charge in [0.15, 0.2) is 0 Å². The van der Waals surface area contributed by atoms with Gasteiger partial charge in [0.1, 0.15) is 11.6 Å². The lowest BCUT2D eigenvalue weighted by atomic mass is 9.95. The molecular formula is C24H25Cl2N3O2S. The van der Waals surface area contributed by atoms with E-state index in [2.05, 4.69) is 9.55 Å². The zero-order valence-electron chi connectivity index (χ0n) is 18.1. The Kier molecular flexibility index (Phi) is 7.33. The fourth-order valence-corrected chi connectivity index (χ4v) is 4.95. The van der Waals surface area contributed by atoms with Crippen LogP contribution in [0.25, 0.3) is 0 Å². The molecular weight excluding hydrogens is 465 g/mol. The highest BCUT2D eigenvalue weighted by Gasteiger charge is 2.28. The molecule has 0 saturated carbocycles. The van der Waals surface area contributed by atoms with Crippen LogP contribution in [0, 0.1) is 0 Å². The molecule has 2 aromatic carbocycles. The van der Waals surface area contributed by atoms with Crippen molar-refractivity contribution < 1.29 is 9.53 Å². The summed E-state index contributed by atoms with van der Waals surface area (Å²) in [6.07, 6.45) is 7.52. The number of hydrogen-bond acceptors (Lipinski definition) is 4. The van der Waals surface area contributed by atoms with E-state index in [1.807, 2.05) is 53.9 Å². The molecule has 1 saturated heterocycles. The first kappa shape index (κ1) is 23.0. The number of piperidine rings is 1. The normalized spacial score (nSPS) is 14.6. The average molecular weight is 490 g/mol. The number of imidazole rings is 1. The molecule has 0 unspecified atom stereocenters. The minimum atomic E-state index is 0.0157. The molecule has 32 heavy (non-hydrogen) atoms. The standard InChI is InChI=1S/C24H25Cl2N3O2S/c1-31-22-14-19(32-2)4-5-20(22)24(30)28-10-7-16(8-11-28)23-27-9-12-29(23)15-17-13-18(25)3-6-21(17)26/h3-6,9,12-14,16H,7-8,10-11,15H2,1-2H3. The Morgan fingerprint density at radius 2 is 1.97 bits per heavy atom. The molecule has 168 valence electrons. The molecule has 1 amide bonds. The van der Waals surface area contributed by atoms with Crippen LogP contribution in [0.5, 0.6) is 5.75 Å². The van der Waals surface area contributed by atoms with Crippen LogP contribution in [0.2, 0.25) is 10.0 Å². The van der Waals surface area contributed by atoms with Crippen molar-refractivity contribution in [3.63, 3.8) is 0 Å². The Morgan fingerprint density at radius 3 is 2.69 bits per heavy atom. The second kappa shape index (κ2) is 10.2. The number of halogens is 2. The van der Waals surface area contributed by atoms with Gasteiger partial charge in [-0.3, -0.25) is 4.79 Å². The number of rotatable bonds is 6. The maximum Gasteiger partial charge on any atom is 0.257 e. The van der Waals surface area contributed by atoms with E-state index in [9.17, 15) is 4.79 Å². The van der Waals surface area contributed by atoms with Gasteiger partial charge in [0.2, 0.25) is 0 Å². The second-order valence-corrected chi connectivity index (χ2v) is 9.51. The molecule has 0 spiro atoms. The van der Waals surface area contributed by atoms with Crippen molar-refractivity contribution >= 4 is 40.9 Å². The van der Waals surface area contributed by atoms with Crippen LogP contribution in [0.1, 0.15) is 40.5 Å². The van der Waals surface area contributed by atoms with Gasteiger partial charge in [-0.15, -0.1) is 11.8 Å². The molecule has 4 rings (SSSR count). The monoisotopic (exact) mass is 489 g/mol. The molecule has 5 nitrogen and oxygen atoms in total. The molecule has 0 N–H and O–H groups in total. The lowest BCUT2D eigenvalue weighted by Crippen LogP contribution is -2.38. The molecule has 1 fully saturated rings. The van der Waals surface area contributed by atoms with Crippen molar-refractivity contribution in [2.75, 3.05) is 26.5 Å². The molecule has 3 aromatic rings. The van der Waals surface area contributed by atoms with Crippen molar-refractivity contribution in [1.82, 2.24) is 14.5 Å². The van der Waals surface area contributed by atoms with E-state index in [0.717, 1.165) is 29.1 Å². The van der Waals surface area contributed by atoms with Crippen molar-refractivity contribution in [3.05, 3.63) is 75.8 Å². The quantitative estimate of drug-likeness (QED) is 0.399. The van der Waals surface area contributed by atoms with Gasteiger partial charge < -0.3 is 14.2 Å². The minimum Gasteiger partial charge on any atom is -0.496 e. The molecule has 0 aliphatic carbocycles. The SMILES string of the molecule is COc1cc(SC)ccc1C(=O)N1CCC(c2nccn2Cc2cc(Cl)ccc2Cl)CC1. The number of methoxy groups -OCH3 is 1. The van der Waals surface area contributed by atoms with Gasteiger partial charge >= 0.3 is 0 Å². The highest BCUT2D eigenvalue weighted by Crippen LogP contribution is 2.31. The van der Waals surface area contributed by atoms with Crippen LogP contribution >= 0.6 is 35.0 Å². The fraction of sp³-hybridized carbons (Fsp3) is 0.333. The van der Waals surface area contributed by atoms with E-state index in [0.29, 0.717) is 41.0 Å². The first-order chi connectivity index (χ1) is 15.5. The van der Waals surface area contributed by atoms with Crippen LogP contribution in [-0.4, -0.2) is 46.8 Å². The van der Waals surface area contributed by atoms with Gasteiger partial charge in [-0.2, -0.15) is 0 Å². The van der Waals surface area contributed by atoms with Crippen LogP contribution in [0.4, 0.5) is 0 Å². The average Bonchev–Trinajstić information content (AvgIpc) is 3.28. The molecule has 0 atom stereocenters. The van der Waals surface area contributed by atoms with E-state index in [1.165, 1.54) is 0 Å². The van der Waals surface area contributed by atoms with Gasteiger partial charge in [-0.1, -0.05) is 23.2 Å². The van der Waals surface area contributed by atoms with Crippen molar-refractivity contribution in [2.24, 2.45) is 0 Å². The highest BCUT2D eigenvalue weighted by atomic mass is 35.5. The third kappa shape index (κ3) is 4.92. The van der Waals surface area contributed by atoms with Crippen molar-refractivity contribution in [3.8, 4) is 5.75 Å². The van der Waals surface area contributed by atoms with E-state index in [-0.39, 0.29) is 11.8 Å². The van der Waals surface area contributed by atoms with E-state index in [4.69, 9.17) is 27.9 Å². The van der Waals surface area contributed by atoms with Crippen LogP contribution in [0.3, 0.4) is 0 Å². The summed E-state index contributed by atoms with van der Waals surface area (Å²) in [6.45, 7) is 1.98. The number of ether oxygens (including phenoxy) is 1. The zero-order valence-corrected chi connectivity index (χ0v) is 20.4. The Bertz CT molecular complexity index is 1110. The summed E-state index contributed by atoms with van der Waals surface area (Å²) in [4.78, 5) is 20.7. The molecule has 1 aliphatic rings. The second-order valence-electron chi connectivity index (χ2n) is 7.78. The number of nitrogens with zero attached hydrogens (tertiary/aromatic N) is 3. The summed E-state index contributed by atoms with van der Waals surface area (Å²) in [6, 6.07) is 11.2. The minimum absolute atomic E-state index is 0.0157. The number of amides is 1. The third-order valence-electron chi connectivity index (χ3n) is 5.88. The van der Waals surface area contributed by atoms with Gasteiger partial charge in [0.25, 0.3) is 5.91 Å². The number of carbonyl (C=O) groups excluding carboxylic acids is 1. The zero-order chi connectivity index (χ0) is 22.7. The molecule has 1 aromatic heterocycles. The smallest absolute Gasteiger partial charge is 0.257 e. The van der Waals surface area contributed by atoms with E-state index < -0.39 is 0 Å². The van der Waals surface area contributed by atoms with Gasteiger partial charge in [0, 0.05) is 46.3 Å². The first-order valence-electron chi connectivity index (χ1n) is 10.5. The number of carbonyl (C=O) groups is 1. The summed E-state index contributed by atoms with van der Waals surface area (Å²) < 4.78 is 7.60. The van der Waals surface area contributed by atoms with Crippen molar-refractivity contribution in [1.29, 1.82) is 0 Å². The summed E-state index contributed by atoms with van der Waals surface area (Å²) in [5, 5.41) is 1.36. The Balaban J connectivity index is 1.44. The lowest BCUT2D eigenvalue weighted by molar-refractivity contribution is 0.0707. The van der Waals surface area contributed by atoms with Crippen molar-refractivity contribution in [2.45, 2.75) is 30.2 Å². The lowest BCUT2D eigenvalue weighted by Gasteiger charge is -2.32. The maximum atomic E-state index is 13.1. The number of benzene rings is 2. The number of aromatic nitrogens is 2. The van der Waals surface area contributed by atoms with E-state index in [1.54, 1.807) is 24.9 Å². The van der Waals surface area contributed by atoms with E-state index >= 15 is 0 Å².